The van der Waals surface area contributed by atoms with E-state index in [2.05, 4.69) is 27.5 Å². The van der Waals surface area contributed by atoms with Gasteiger partial charge in [-0.25, -0.2) is 0 Å². The third-order valence-electron chi connectivity index (χ3n) is 4.56. The second kappa shape index (κ2) is 8.84. The van der Waals surface area contributed by atoms with Crippen LogP contribution in [0.25, 0.3) is 0 Å². The van der Waals surface area contributed by atoms with Crippen LogP contribution in [0.3, 0.4) is 0 Å². The molecule has 2 atom stereocenters. The van der Waals surface area contributed by atoms with Crippen LogP contribution >= 0.6 is 0 Å². The van der Waals surface area contributed by atoms with Crippen LogP contribution in [0.4, 0.5) is 13.2 Å². The van der Waals surface area contributed by atoms with Crippen LogP contribution in [0.1, 0.15) is 37.4 Å². The molecule has 7 heteroatoms. The Hall–Kier alpha value is -2.25. The van der Waals surface area contributed by atoms with Crippen LogP contribution in [-0.2, 0) is 6.54 Å². The van der Waals surface area contributed by atoms with E-state index < -0.39 is 6.36 Å². The zero-order valence-electron chi connectivity index (χ0n) is 15.9. The van der Waals surface area contributed by atoms with Crippen LogP contribution in [0, 0.1) is 0 Å². The van der Waals surface area contributed by atoms with E-state index in [0.717, 1.165) is 13.0 Å². The molecule has 1 saturated heterocycles. The predicted octanol–water partition coefficient (Wildman–Crippen LogP) is 4.57. The average Bonchev–Trinajstić information content (AvgIpc) is 3.09. The van der Waals surface area contributed by atoms with Gasteiger partial charge in [-0.15, -0.1) is 13.2 Å². The normalized spacial score (nSPS) is 19.8. The lowest BCUT2D eigenvalue weighted by molar-refractivity contribution is -0.274. The largest absolute Gasteiger partial charge is 0.573 e. The number of hydrogen-bond donors (Lipinski definition) is 2. The molecule has 152 valence electrons. The Balaban J connectivity index is 1.74. The Morgan fingerprint density at radius 2 is 1.89 bits per heavy atom. The number of alkyl halides is 3. The summed E-state index contributed by atoms with van der Waals surface area (Å²) in [6.45, 7) is 5.02. The number of ether oxygens (including phenoxy) is 2. The molecule has 2 aromatic carbocycles. The van der Waals surface area contributed by atoms with E-state index >= 15 is 0 Å². The summed E-state index contributed by atoms with van der Waals surface area (Å²) >= 11 is 0. The number of benzene rings is 2. The van der Waals surface area contributed by atoms with Crippen molar-refractivity contribution in [3.8, 4) is 11.5 Å². The summed E-state index contributed by atoms with van der Waals surface area (Å²) in [4.78, 5) is 0. The van der Waals surface area contributed by atoms with Gasteiger partial charge in [0.25, 0.3) is 0 Å². The molecule has 28 heavy (non-hydrogen) atoms. The lowest BCUT2D eigenvalue weighted by Crippen LogP contribution is -2.34. The van der Waals surface area contributed by atoms with Gasteiger partial charge >= 0.3 is 6.36 Å². The first-order valence-electron chi connectivity index (χ1n) is 9.39. The zero-order valence-corrected chi connectivity index (χ0v) is 15.9. The van der Waals surface area contributed by atoms with E-state index in [0.29, 0.717) is 17.9 Å². The standard InChI is InChI=1S/C21H25F3N2O2/c1-14(2)27-19-9-8-17(28-21(22,23)24)12-16(19)13-26-18-10-11-25-20(18)15-6-4-3-5-7-15/h3-9,12,14,18,20,25-26H,10-11,13H2,1-2H3/t18-,20-/m0/s1. The summed E-state index contributed by atoms with van der Waals surface area (Å²) in [5.41, 5.74) is 1.82. The van der Waals surface area contributed by atoms with E-state index in [1.54, 1.807) is 0 Å². The highest BCUT2D eigenvalue weighted by Crippen LogP contribution is 2.30. The molecule has 1 fully saturated rings. The quantitative estimate of drug-likeness (QED) is 0.722. The molecule has 0 radical (unpaired) electrons. The third kappa shape index (κ3) is 5.62. The second-order valence-electron chi connectivity index (χ2n) is 7.10. The van der Waals surface area contributed by atoms with E-state index in [1.165, 1.54) is 23.8 Å². The van der Waals surface area contributed by atoms with Gasteiger partial charge in [0.15, 0.2) is 0 Å². The summed E-state index contributed by atoms with van der Waals surface area (Å²) in [6.07, 6.45) is -3.88. The number of rotatable bonds is 7. The van der Waals surface area contributed by atoms with Gasteiger partial charge in [0.05, 0.1) is 6.10 Å². The molecule has 1 aliphatic rings. The van der Waals surface area contributed by atoms with Crippen LogP contribution in [0.5, 0.6) is 11.5 Å². The maximum absolute atomic E-state index is 12.6. The molecule has 0 aromatic heterocycles. The highest BCUT2D eigenvalue weighted by atomic mass is 19.4. The molecule has 0 amide bonds. The predicted molar refractivity (Wildman–Crippen MR) is 101 cm³/mol. The Kier molecular flexibility index (Phi) is 6.46. The summed E-state index contributed by atoms with van der Waals surface area (Å²) in [5, 5.41) is 6.95. The lowest BCUT2D eigenvalue weighted by Gasteiger charge is -2.23. The minimum absolute atomic E-state index is 0.0849. The van der Waals surface area contributed by atoms with Crippen molar-refractivity contribution in [2.75, 3.05) is 6.54 Å². The van der Waals surface area contributed by atoms with Crippen molar-refractivity contribution in [1.82, 2.24) is 10.6 Å². The monoisotopic (exact) mass is 394 g/mol. The molecule has 0 saturated carbocycles. The van der Waals surface area contributed by atoms with Gasteiger partial charge in [-0.1, -0.05) is 30.3 Å². The first-order valence-corrected chi connectivity index (χ1v) is 9.39. The zero-order chi connectivity index (χ0) is 20.1. The van der Waals surface area contributed by atoms with Gasteiger partial charge in [0, 0.05) is 24.2 Å². The summed E-state index contributed by atoms with van der Waals surface area (Å²) < 4.78 is 47.6. The minimum atomic E-state index is -4.72. The molecule has 3 rings (SSSR count). The van der Waals surface area contributed by atoms with Gasteiger partial charge in [0.1, 0.15) is 11.5 Å². The Morgan fingerprint density at radius 3 is 2.57 bits per heavy atom. The molecule has 4 nitrogen and oxygen atoms in total. The van der Waals surface area contributed by atoms with E-state index in [1.807, 2.05) is 32.0 Å². The number of halogens is 3. The highest BCUT2D eigenvalue weighted by Gasteiger charge is 2.32. The van der Waals surface area contributed by atoms with Crippen LogP contribution < -0.4 is 20.1 Å². The smallest absolute Gasteiger partial charge is 0.491 e. The Labute approximate surface area is 163 Å². The van der Waals surface area contributed by atoms with Gasteiger partial charge in [0.2, 0.25) is 0 Å². The first kappa shape index (κ1) is 20.5. The maximum Gasteiger partial charge on any atom is 0.573 e. The Morgan fingerprint density at radius 1 is 1.14 bits per heavy atom. The molecular weight excluding hydrogens is 369 g/mol. The van der Waals surface area contributed by atoms with Gasteiger partial charge in [-0.2, -0.15) is 0 Å². The van der Waals surface area contributed by atoms with Crippen molar-refractivity contribution in [3.05, 3.63) is 59.7 Å². The topological polar surface area (TPSA) is 42.5 Å². The molecule has 1 aliphatic heterocycles. The summed E-state index contributed by atoms with van der Waals surface area (Å²) in [6, 6.07) is 14.6. The van der Waals surface area contributed by atoms with E-state index in [9.17, 15) is 13.2 Å². The summed E-state index contributed by atoms with van der Waals surface area (Å²) in [7, 11) is 0. The SMILES string of the molecule is CC(C)Oc1ccc(OC(F)(F)F)cc1CN[C@H]1CCN[C@H]1c1ccccc1. The van der Waals surface area contributed by atoms with Gasteiger partial charge < -0.3 is 20.1 Å². The average molecular weight is 394 g/mol. The fourth-order valence-corrected chi connectivity index (χ4v) is 3.43. The first-order chi connectivity index (χ1) is 13.3. The molecule has 2 N–H and O–H groups in total. The van der Waals surface area contributed by atoms with Crippen molar-refractivity contribution in [2.45, 2.75) is 51.4 Å². The van der Waals surface area contributed by atoms with Crippen molar-refractivity contribution in [3.63, 3.8) is 0 Å². The van der Waals surface area contributed by atoms with E-state index in [-0.39, 0.29) is 23.9 Å². The molecule has 0 bridgehead atoms. The van der Waals surface area contributed by atoms with Crippen molar-refractivity contribution in [1.29, 1.82) is 0 Å². The van der Waals surface area contributed by atoms with Crippen molar-refractivity contribution in [2.24, 2.45) is 0 Å². The van der Waals surface area contributed by atoms with Gasteiger partial charge in [-0.05, 0) is 50.6 Å². The van der Waals surface area contributed by atoms with Crippen molar-refractivity contribution >= 4 is 0 Å². The van der Waals surface area contributed by atoms with Crippen molar-refractivity contribution < 1.29 is 22.6 Å². The lowest BCUT2D eigenvalue weighted by atomic mass is 10.0. The third-order valence-corrected chi connectivity index (χ3v) is 4.56. The van der Waals surface area contributed by atoms with E-state index in [4.69, 9.17) is 4.74 Å². The Bertz CT molecular complexity index is 766. The number of hydrogen-bond acceptors (Lipinski definition) is 4. The molecule has 0 spiro atoms. The highest BCUT2D eigenvalue weighted by molar-refractivity contribution is 5.40. The second-order valence-corrected chi connectivity index (χ2v) is 7.10. The molecular formula is C21H25F3N2O2. The fraction of sp³-hybridized carbons (Fsp3) is 0.429. The molecule has 1 heterocycles. The molecule has 0 aliphatic carbocycles. The fourth-order valence-electron chi connectivity index (χ4n) is 3.43. The molecule has 2 aromatic rings. The van der Waals surface area contributed by atoms with Crippen LogP contribution in [0.2, 0.25) is 0 Å². The summed E-state index contributed by atoms with van der Waals surface area (Å²) in [5.74, 6) is 0.309. The van der Waals surface area contributed by atoms with Gasteiger partial charge in [-0.3, -0.25) is 0 Å². The minimum Gasteiger partial charge on any atom is -0.491 e. The van der Waals surface area contributed by atoms with Crippen LogP contribution in [0.15, 0.2) is 48.5 Å². The molecule has 0 unspecified atom stereocenters. The number of nitrogens with one attached hydrogen (secondary N) is 2. The maximum atomic E-state index is 12.6. The van der Waals surface area contributed by atoms with Crippen LogP contribution in [-0.4, -0.2) is 25.1 Å².